The van der Waals surface area contributed by atoms with Crippen molar-refractivity contribution in [3.63, 3.8) is 0 Å². The van der Waals surface area contributed by atoms with Crippen molar-refractivity contribution >= 4 is 29.6 Å². The van der Waals surface area contributed by atoms with Crippen molar-refractivity contribution in [1.82, 2.24) is 5.32 Å². The minimum atomic E-state index is -1.18. The van der Waals surface area contributed by atoms with Crippen LogP contribution in [0.25, 0.3) is 6.08 Å². The molecular weight excluding hydrogens is 425 g/mol. The minimum absolute atomic E-state index is 0.129. The van der Waals surface area contributed by atoms with Crippen molar-refractivity contribution in [3.05, 3.63) is 64.4 Å². The lowest BCUT2D eigenvalue weighted by atomic mass is 9.98. The third-order valence-corrected chi connectivity index (χ3v) is 5.59. The molecule has 1 fully saturated rings. The van der Waals surface area contributed by atoms with Crippen LogP contribution in [0.5, 0.6) is 11.5 Å². The van der Waals surface area contributed by atoms with Crippen molar-refractivity contribution in [3.8, 4) is 11.5 Å². The van der Waals surface area contributed by atoms with Crippen LogP contribution in [-0.4, -0.2) is 29.6 Å². The van der Waals surface area contributed by atoms with E-state index in [0.717, 1.165) is 12.8 Å². The molecule has 2 aromatic carbocycles. The average Bonchev–Trinajstić information content (AvgIpc) is 3.22. The topological polar surface area (TPSA) is 84.9 Å². The Morgan fingerprint density at radius 3 is 2.58 bits per heavy atom. The number of halogens is 2. The molecule has 8 heteroatoms. The standard InChI is InChI=1S/C23H23ClFNO5/c1-30-20-12-15(5-9-21(27)26-23(22(28)29)10-2-3-11-23)4-8-19(20)31-14-16-6-7-17(25)13-18(16)24/h4-9,12-13H,2-3,10-11,14H2,1H3,(H,26,27)(H,28,29)/b9-5+. The van der Waals surface area contributed by atoms with Gasteiger partial charge in [-0.15, -0.1) is 0 Å². The first-order valence-electron chi connectivity index (χ1n) is 9.81. The number of aliphatic carboxylic acids is 1. The first-order chi connectivity index (χ1) is 14.8. The summed E-state index contributed by atoms with van der Waals surface area (Å²) in [6.45, 7) is 0.129. The van der Waals surface area contributed by atoms with Gasteiger partial charge in [0.25, 0.3) is 0 Å². The van der Waals surface area contributed by atoms with E-state index < -0.39 is 23.2 Å². The van der Waals surface area contributed by atoms with E-state index in [1.54, 1.807) is 30.3 Å². The fourth-order valence-electron chi connectivity index (χ4n) is 3.52. The molecule has 0 bridgehead atoms. The van der Waals surface area contributed by atoms with Crippen molar-refractivity contribution in [2.45, 2.75) is 37.8 Å². The first kappa shape index (κ1) is 22.6. The summed E-state index contributed by atoms with van der Waals surface area (Å²) in [7, 11) is 1.49. The lowest BCUT2D eigenvalue weighted by molar-refractivity contribution is -0.146. The summed E-state index contributed by atoms with van der Waals surface area (Å²) in [5.41, 5.74) is 0.123. The third-order valence-electron chi connectivity index (χ3n) is 5.24. The fourth-order valence-corrected chi connectivity index (χ4v) is 3.74. The normalized spacial score (nSPS) is 15.1. The summed E-state index contributed by atoms with van der Waals surface area (Å²) in [5, 5.41) is 12.4. The van der Waals surface area contributed by atoms with Gasteiger partial charge in [-0.2, -0.15) is 0 Å². The minimum Gasteiger partial charge on any atom is -0.493 e. The molecule has 1 amide bonds. The Hall–Kier alpha value is -3.06. The van der Waals surface area contributed by atoms with Gasteiger partial charge >= 0.3 is 5.97 Å². The second kappa shape index (κ2) is 9.83. The molecule has 1 saturated carbocycles. The van der Waals surface area contributed by atoms with Crippen LogP contribution in [-0.2, 0) is 16.2 Å². The molecule has 164 valence electrons. The van der Waals surface area contributed by atoms with Crippen LogP contribution >= 0.6 is 11.6 Å². The number of carbonyl (C=O) groups is 2. The summed E-state index contributed by atoms with van der Waals surface area (Å²) >= 11 is 6.02. The van der Waals surface area contributed by atoms with Gasteiger partial charge in [0, 0.05) is 11.6 Å². The van der Waals surface area contributed by atoms with Gasteiger partial charge in [0.1, 0.15) is 18.0 Å². The number of amides is 1. The molecule has 1 aliphatic carbocycles. The Morgan fingerprint density at radius 1 is 1.19 bits per heavy atom. The van der Waals surface area contributed by atoms with E-state index in [1.807, 2.05) is 0 Å². The van der Waals surface area contributed by atoms with Crippen molar-refractivity contribution < 1.29 is 28.6 Å². The number of carboxylic acids is 1. The van der Waals surface area contributed by atoms with Gasteiger partial charge in [0.15, 0.2) is 11.5 Å². The van der Waals surface area contributed by atoms with Crippen LogP contribution in [0, 0.1) is 5.82 Å². The van der Waals surface area contributed by atoms with E-state index in [9.17, 15) is 19.1 Å². The number of methoxy groups -OCH3 is 1. The van der Waals surface area contributed by atoms with E-state index in [-0.39, 0.29) is 11.6 Å². The van der Waals surface area contributed by atoms with Crippen molar-refractivity contribution in [2.75, 3.05) is 7.11 Å². The van der Waals surface area contributed by atoms with Gasteiger partial charge in [-0.3, -0.25) is 4.79 Å². The molecule has 0 saturated heterocycles. The lowest BCUT2D eigenvalue weighted by Crippen LogP contribution is -2.52. The van der Waals surface area contributed by atoms with Gasteiger partial charge < -0.3 is 19.9 Å². The molecule has 31 heavy (non-hydrogen) atoms. The van der Waals surface area contributed by atoms with Crippen molar-refractivity contribution in [1.29, 1.82) is 0 Å². The van der Waals surface area contributed by atoms with Crippen LogP contribution in [0.3, 0.4) is 0 Å². The maximum Gasteiger partial charge on any atom is 0.329 e. The van der Waals surface area contributed by atoms with Gasteiger partial charge in [-0.05, 0) is 48.7 Å². The highest BCUT2D eigenvalue weighted by atomic mass is 35.5. The van der Waals surface area contributed by atoms with Gasteiger partial charge in [-0.1, -0.05) is 36.6 Å². The highest BCUT2D eigenvalue weighted by Crippen LogP contribution is 2.31. The summed E-state index contributed by atoms with van der Waals surface area (Å²) in [6, 6.07) is 9.18. The number of nitrogens with one attached hydrogen (secondary N) is 1. The highest BCUT2D eigenvalue weighted by Gasteiger charge is 2.42. The monoisotopic (exact) mass is 447 g/mol. The molecule has 3 rings (SSSR count). The van der Waals surface area contributed by atoms with Gasteiger partial charge in [0.05, 0.1) is 12.1 Å². The van der Waals surface area contributed by atoms with Gasteiger partial charge in [0.2, 0.25) is 5.91 Å². The second-order valence-corrected chi connectivity index (χ2v) is 7.76. The van der Waals surface area contributed by atoms with Crippen LogP contribution in [0.2, 0.25) is 5.02 Å². The van der Waals surface area contributed by atoms with Crippen molar-refractivity contribution in [2.24, 2.45) is 0 Å². The average molecular weight is 448 g/mol. The number of rotatable bonds is 8. The zero-order valence-corrected chi connectivity index (χ0v) is 17.7. The van der Waals surface area contributed by atoms with E-state index >= 15 is 0 Å². The number of carboxylic acid groups (broad SMARTS) is 1. The van der Waals surface area contributed by atoms with Crippen LogP contribution < -0.4 is 14.8 Å². The number of carbonyl (C=O) groups excluding carboxylic acids is 1. The summed E-state index contributed by atoms with van der Waals surface area (Å²) < 4.78 is 24.3. The highest BCUT2D eigenvalue weighted by molar-refractivity contribution is 6.31. The van der Waals surface area contributed by atoms with Crippen LogP contribution in [0.4, 0.5) is 4.39 Å². The molecule has 0 unspecified atom stereocenters. The zero-order chi connectivity index (χ0) is 22.4. The van der Waals surface area contributed by atoms with E-state index in [0.29, 0.717) is 35.5 Å². The Labute approximate surface area is 184 Å². The Balaban J connectivity index is 1.66. The molecule has 2 aromatic rings. The lowest BCUT2D eigenvalue weighted by Gasteiger charge is -2.24. The molecular formula is C23H23ClFNO5. The largest absolute Gasteiger partial charge is 0.493 e. The summed E-state index contributed by atoms with van der Waals surface area (Å²) in [5.74, 6) is -0.988. The zero-order valence-electron chi connectivity index (χ0n) is 17.0. The SMILES string of the molecule is COc1cc(/C=C/C(=O)NC2(C(=O)O)CCCC2)ccc1OCc1ccc(F)cc1Cl. The van der Waals surface area contributed by atoms with E-state index in [2.05, 4.69) is 5.32 Å². The predicted octanol–water partition coefficient (Wildman–Crippen LogP) is 4.59. The summed E-state index contributed by atoms with van der Waals surface area (Å²) in [4.78, 5) is 23.8. The third kappa shape index (κ3) is 5.55. The van der Waals surface area contributed by atoms with Crippen LogP contribution in [0.15, 0.2) is 42.5 Å². The quantitative estimate of drug-likeness (QED) is 0.578. The van der Waals surface area contributed by atoms with E-state index in [1.165, 1.54) is 25.3 Å². The number of ether oxygens (including phenoxy) is 2. The fraction of sp³-hybridized carbons (Fsp3) is 0.304. The molecule has 0 atom stereocenters. The second-order valence-electron chi connectivity index (χ2n) is 7.35. The number of hydrogen-bond acceptors (Lipinski definition) is 4. The molecule has 1 aliphatic rings. The van der Waals surface area contributed by atoms with Crippen LogP contribution in [0.1, 0.15) is 36.8 Å². The molecule has 0 radical (unpaired) electrons. The Morgan fingerprint density at radius 2 is 1.94 bits per heavy atom. The molecule has 0 spiro atoms. The molecule has 2 N–H and O–H groups in total. The maximum absolute atomic E-state index is 13.2. The van der Waals surface area contributed by atoms with Gasteiger partial charge in [-0.25, -0.2) is 9.18 Å². The molecule has 0 aromatic heterocycles. The Bertz CT molecular complexity index is 1000. The smallest absolute Gasteiger partial charge is 0.329 e. The molecule has 0 aliphatic heterocycles. The first-order valence-corrected chi connectivity index (χ1v) is 10.2. The number of benzene rings is 2. The molecule has 0 heterocycles. The number of hydrogen-bond donors (Lipinski definition) is 2. The Kier molecular flexibility index (Phi) is 7.17. The summed E-state index contributed by atoms with van der Waals surface area (Å²) in [6.07, 6.45) is 5.29. The maximum atomic E-state index is 13.2. The van der Waals surface area contributed by atoms with E-state index in [4.69, 9.17) is 21.1 Å². The predicted molar refractivity (Wildman–Crippen MR) is 115 cm³/mol. The molecule has 6 nitrogen and oxygen atoms in total.